The molecule has 2 heteroatoms. The fourth-order valence-corrected chi connectivity index (χ4v) is 2.27. The van der Waals surface area contributed by atoms with Crippen LogP contribution in [0.1, 0.15) is 45.1 Å². The van der Waals surface area contributed by atoms with Crippen molar-refractivity contribution in [3.05, 3.63) is 34.3 Å². The van der Waals surface area contributed by atoms with Crippen LogP contribution in [0.5, 0.6) is 0 Å². The molecule has 0 saturated carbocycles. The molecule has 0 radical (unpaired) electrons. The van der Waals surface area contributed by atoms with Crippen molar-refractivity contribution in [1.29, 1.82) is 0 Å². The molecule has 1 aromatic carbocycles. The minimum Gasteiger partial charge on any atom is -0.126 e. The van der Waals surface area contributed by atoms with Crippen LogP contribution in [0, 0.1) is 5.41 Å². The minimum absolute atomic E-state index is 0.389. The van der Waals surface area contributed by atoms with Gasteiger partial charge in [0.25, 0.3) is 0 Å². The first kappa shape index (κ1) is 14.1. The molecule has 16 heavy (non-hydrogen) atoms. The van der Waals surface area contributed by atoms with E-state index in [0.717, 1.165) is 10.9 Å². The largest absolute Gasteiger partial charge is 0.126 e. The highest BCUT2D eigenvalue weighted by Crippen LogP contribution is 2.30. The van der Waals surface area contributed by atoms with Crippen molar-refractivity contribution in [3.8, 4) is 0 Å². The van der Waals surface area contributed by atoms with Gasteiger partial charge in [0.05, 0.1) is 0 Å². The molecule has 0 aliphatic heterocycles. The lowest BCUT2D eigenvalue weighted by Gasteiger charge is -2.22. The lowest BCUT2D eigenvalue weighted by molar-refractivity contribution is 0.353. The van der Waals surface area contributed by atoms with Crippen LogP contribution in [0.4, 0.5) is 0 Å². The van der Waals surface area contributed by atoms with Gasteiger partial charge in [-0.1, -0.05) is 48.8 Å². The second kappa shape index (κ2) is 6.07. The van der Waals surface area contributed by atoms with E-state index in [4.69, 9.17) is 11.6 Å². The maximum atomic E-state index is 6.06. The number of hydrogen-bond acceptors (Lipinski definition) is 0. The first-order valence-electron chi connectivity index (χ1n) is 5.74. The molecule has 0 aliphatic rings. The number of benzene rings is 1. The number of rotatable bonds is 4. The van der Waals surface area contributed by atoms with Crippen molar-refractivity contribution < 1.29 is 0 Å². The van der Waals surface area contributed by atoms with Gasteiger partial charge in [-0.05, 0) is 41.9 Å². The van der Waals surface area contributed by atoms with E-state index in [1.165, 1.54) is 12.0 Å². The summed E-state index contributed by atoms with van der Waals surface area (Å²) in [6, 6.07) is 8.51. The summed E-state index contributed by atoms with van der Waals surface area (Å²) in [7, 11) is 0. The van der Waals surface area contributed by atoms with Crippen molar-refractivity contribution in [2.75, 3.05) is 5.88 Å². The molecule has 1 atom stereocenters. The van der Waals surface area contributed by atoms with Crippen molar-refractivity contribution in [1.82, 2.24) is 0 Å². The van der Waals surface area contributed by atoms with E-state index in [1.807, 2.05) is 0 Å². The Hall–Kier alpha value is -0.0100. The summed E-state index contributed by atoms with van der Waals surface area (Å²) >= 11 is 9.51. The van der Waals surface area contributed by atoms with E-state index in [2.05, 4.69) is 61.0 Å². The monoisotopic (exact) mass is 302 g/mol. The van der Waals surface area contributed by atoms with E-state index in [-0.39, 0.29) is 0 Å². The Labute approximate surface area is 113 Å². The van der Waals surface area contributed by atoms with Gasteiger partial charge >= 0.3 is 0 Å². The van der Waals surface area contributed by atoms with Crippen molar-refractivity contribution in [3.63, 3.8) is 0 Å². The SMILES string of the molecule is CC(C)(C)CCC(CCl)c1ccc(Br)cc1. The smallest absolute Gasteiger partial charge is 0.0292 e. The summed E-state index contributed by atoms with van der Waals surface area (Å²) in [5.41, 5.74) is 1.74. The fourth-order valence-electron chi connectivity index (χ4n) is 1.68. The van der Waals surface area contributed by atoms with Crippen LogP contribution < -0.4 is 0 Å². The molecule has 0 aromatic heterocycles. The topological polar surface area (TPSA) is 0 Å². The van der Waals surface area contributed by atoms with Gasteiger partial charge in [-0.3, -0.25) is 0 Å². The van der Waals surface area contributed by atoms with Crippen molar-refractivity contribution >= 4 is 27.5 Å². The van der Waals surface area contributed by atoms with Crippen LogP contribution in [-0.4, -0.2) is 5.88 Å². The zero-order chi connectivity index (χ0) is 12.2. The summed E-state index contributed by atoms with van der Waals surface area (Å²) in [4.78, 5) is 0. The molecular weight excluding hydrogens is 284 g/mol. The van der Waals surface area contributed by atoms with Crippen LogP contribution in [0.15, 0.2) is 28.7 Å². The van der Waals surface area contributed by atoms with Crippen LogP contribution in [0.2, 0.25) is 0 Å². The average molecular weight is 304 g/mol. The van der Waals surface area contributed by atoms with E-state index in [9.17, 15) is 0 Å². The first-order chi connectivity index (χ1) is 7.42. The van der Waals surface area contributed by atoms with E-state index >= 15 is 0 Å². The van der Waals surface area contributed by atoms with E-state index in [1.54, 1.807) is 0 Å². The average Bonchev–Trinajstić information content (AvgIpc) is 2.20. The third kappa shape index (κ3) is 4.88. The second-order valence-corrected chi connectivity index (χ2v) is 6.73. The predicted octanol–water partition coefficient (Wildman–Crippen LogP) is 5.60. The molecule has 0 nitrogen and oxygen atoms in total. The molecule has 1 unspecified atom stereocenters. The van der Waals surface area contributed by atoms with Gasteiger partial charge in [-0.25, -0.2) is 0 Å². The van der Waals surface area contributed by atoms with Crippen LogP contribution in [-0.2, 0) is 0 Å². The quantitative estimate of drug-likeness (QED) is 0.635. The van der Waals surface area contributed by atoms with Gasteiger partial charge in [0, 0.05) is 10.4 Å². The molecule has 0 amide bonds. The van der Waals surface area contributed by atoms with E-state index < -0.39 is 0 Å². The van der Waals surface area contributed by atoms with Crippen LogP contribution in [0.25, 0.3) is 0 Å². The second-order valence-electron chi connectivity index (χ2n) is 5.50. The highest BCUT2D eigenvalue weighted by molar-refractivity contribution is 9.10. The van der Waals surface area contributed by atoms with Gasteiger partial charge in [0.15, 0.2) is 0 Å². The van der Waals surface area contributed by atoms with Gasteiger partial charge in [-0.15, -0.1) is 11.6 Å². The van der Waals surface area contributed by atoms with Crippen molar-refractivity contribution in [2.24, 2.45) is 5.41 Å². The molecule has 0 N–H and O–H groups in total. The summed E-state index contributed by atoms with van der Waals surface area (Å²) in [5.74, 6) is 1.19. The summed E-state index contributed by atoms with van der Waals surface area (Å²) in [6.07, 6.45) is 2.37. The van der Waals surface area contributed by atoms with Crippen molar-refractivity contribution in [2.45, 2.75) is 39.5 Å². The lowest BCUT2D eigenvalue weighted by atomic mass is 9.85. The first-order valence-corrected chi connectivity index (χ1v) is 7.06. The molecule has 0 heterocycles. The van der Waals surface area contributed by atoms with E-state index in [0.29, 0.717) is 17.2 Å². The zero-order valence-corrected chi connectivity index (χ0v) is 12.6. The zero-order valence-electron chi connectivity index (χ0n) is 10.3. The summed E-state index contributed by atoms with van der Waals surface area (Å²) in [6.45, 7) is 6.83. The molecule has 1 rings (SSSR count). The highest BCUT2D eigenvalue weighted by Gasteiger charge is 2.16. The van der Waals surface area contributed by atoms with Gasteiger partial charge in [0.2, 0.25) is 0 Å². The number of alkyl halides is 1. The normalized spacial score (nSPS) is 13.8. The Morgan fingerprint density at radius 3 is 2.19 bits per heavy atom. The number of halogens is 2. The Kier molecular flexibility index (Phi) is 5.33. The molecule has 0 fully saturated rings. The maximum Gasteiger partial charge on any atom is 0.0292 e. The summed E-state index contributed by atoms with van der Waals surface area (Å²) in [5, 5.41) is 0. The van der Waals surface area contributed by atoms with Gasteiger partial charge in [0.1, 0.15) is 0 Å². The molecule has 1 aromatic rings. The van der Waals surface area contributed by atoms with Crippen LogP contribution >= 0.6 is 27.5 Å². The Balaban J connectivity index is 2.64. The van der Waals surface area contributed by atoms with Gasteiger partial charge in [-0.2, -0.15) is 0 Å². The maximum absolute atomic E-state index is 6.06. The molecule has 0 aliphatic carbocycles. The minimum atomic E-state index is 0.389. The standard InChI is InChI=1S/C14H20BrCl/c1-14(2,3)9-8-12(10-16)11-4-6-13(15)7-5-11/h4-7,12H,8-10H2,1-3H3. The molecular formula is C14H20BrCl. The fraction of sp³-hybridized carbons (Fsp3) is 0.571. The highest BCUT2D eigenvalue weighted by atomic mass is 79.9. The molecule has 0 saturated heterocycles. The summed E-state index contributed by atoms with van der Waals surface area (Å²) < 4.78 is 1.13. The number of hydrogen-bond donors (Lipinski definition) is 0. The predicted molar refractivity (Wildman–Crippen MR) is 76.3 cm³/mol. The third-order valence-corrected chi connectivity index (χ3v) is 3.67. The third-order valence-electron chi connectivity index (χ3n) is 2.77. The Morgan fingerprint density at radius 2 is 1.75 bits per heavy atom. The molecule has 90 valence electrons. The molecule has 0 bridgehead atoms. The molecule has 0 spiro atoms. The lowest BCUT2D eigenvalue weighted by Crippen LogP contribution is -2.09. The van der Waals surface area contributed by atoms with Crippen LogP contribution in [0.3, 0.4) is 0 Å². The Bertz CT molecular complexity index is 311. The Morgan fingerprint density at radius 1 is 1.19 bits per heavy atom. The van der Waals surface area contributed by atoms with Gasteiger partial charge < -0.3 is 0 Å².